The van der Waals surface area contributed by atoms with Crippen molar-refractivity contribution in [2.75, 3.05) is 5.32 Å². The van der Waals surface area contributed by atoms with Gasteiger partial charge in [0.2, 0.25) is 0 Å². The molecule has 0 spiro atoms. The molecule has 0 unspecified atom stereocenters. The Labute approximate surface area is 155 Å². The molecule has 1 aliphatic carbocycles. The predicted molar refractivity (Wildman–Crippen MR) is 103 cm³/mol. The van der Waals surface area contributed by atoms with E-state index in [1.165, 1.54) is 18.2 Å². The summed E-state index contributed by atoms with van der Waals surface area (Å²) in [7, 11) is 0. The van der Waals surface area contributed by atoms with Gasteiger partial charge in [0, 0.05) is 11.1 Å². The third-order valence-electron chi connectivity index (χ3n) is 4.67. The first-order valence-corrected chi connectivity index (χ1v) is 8.27. The van der Waals surface area contributed by atoms with Crippen LogP contribution in [0.1, 0.15) is 31.8 Å². The van der Waals surface area contributed by atoms with Crippen LogP contribution in [-0.2, 0) is 0 Å². The molecule has 132 valence electrons. The summed E-state index contributed by atoms with van der Waals surface area (Å²) >= 11 is 0. The second-order valence-corrected chi connectivity index (χ2v) is 6.21. The maximum absolute atomic E-state index is 12.9. The van der Waals surface area contributed by atoms with Gasteiger partial charge in [-0.1, -0.05) is 49.0 Å². The lowest BCUT2D eigenvalue weighted by atomic mass is 9.98. The van der Waals surface area contributed by atoms with Gasteiger partial charge in [0.25, 0.3) is 5.91 Å². The SMILES string of the molecule is C=C1c2ccccc2-c2cccc(C(=O)Nc3cccc(C(=O)O)c3O)c21. The van der Waals surface area contributed by atoms with Crippen molar-refractivity contribution < 1.29 is 19.8 Å². The number of aromatic hydroxyl groups is 1. The summed E-state index contributed by atoms with van der Waals surface area (Å²) in [5.74, 6) is -2.19. The van der Waals surface area contributed by atoms with E-state index in [0.29, 0.717) is 5.56 Å². The summed E-state index contributed by atoms with van der Waals surface area (Å²) in [6, 6.07) is 17.4. The van der Waals surface area contributed by atoms with E-state index in [4.69, 9.17) is 5.11 Å². The van der Waals surface area contributed by atoms with Crippen molar-refractivity contribution in [2.24, 2.45) is 0 Å². The van der Waals surface area contributed by atoms with Gasteiger partial charge in [0.1, 0.15) is 5.56 Å². The highest BCUT2D eigenvalue weighted by atomic mass is 16.4. The molecule has 0 saturated carbocycles. The standard InChI is InChI=1S/C22H15NO4/c1-12-13-6-2-3-7-14(13)15-8-4-9-16(19(12)15)21(25)23-18-11-5-10-17(20(18)24)22(26)27/h2-11,24H,1H2,(H,23,25)(H,26,27). The Morgan fingerprint density at radius 3 is 2.19 bits per heavy atom. The predicted octanol–water partition coefficient (Wildman–Crippen LogP) is 4.38. The molecule has 5 heteroatoms. The van der Waals surface area contributed by atoms with Gasteiger partial charge in [-0.2, -0.15) is 0 Å². The zero-order chi connectivity index (χ0) is 19.1. The molecule has 1 amide bonds. The molecule has 0 aromatic heterocycles. The lowest BCUT2D eigenvalue weighted by Crippen LogP contribution is -2.14. The fraction of sp³-hybridized carbons (Fsp3) is 0. The number of rotatable bonds is 3. The number of benzene rings is 3. The van der Waals surface area contributed by atoms with Crippen molar-refractivity contribution in [3.63, 3.8) is 0 Å². The Bertz CT molecular complexity index is 1130. The Balaban J connectivity index is 1.75. The highest BCUT2D eigenvalue weighted by Gasteiger charge is 2.27. The van der Waals surface area contributed by atoms with E-state index in [2.05, 4.69) is 11.9 Å². The lowest BCUT2D eigenvalue weighted by Gasteiger charge is -2.12. The molecule has 5 nitrogen and oxygen atoms in total. The van der Waals surface area contributed by atoms with Gasteiger partial charge in [-0.3, -0.25) is 4.79 Å². The average molecular weight is 357 g/mol. The highest BCUT2D eigenvalue weighted by Crippen LogP contribution is 2.44. The van der Waals surface area contributed by atoms with E-state index in [0.717, 1.165) is 27.8 Å². The molecule has 3 N–H and O–H groups in total. The van der Waals surface area contributed by atoms with Crippen molar-refractivity contribution >= 4 is 23.1 Å². The monoisotopic (exact) mass is 357 g/mol. The van der Waals surface area contributed by atoms with Crippen molar-refractivity contribution in [2.45, 2.75) is 0 Å². The Hall–Kier alpha value is -3.86. The van der Waals surface area contributed by atoms with E-state index in [9.17, 15) is 14.7 Å². The van der Waals surface area contributed by atoms with E-state index in [-0.39, 0.29) is 11.3 Å². The molecule has 3 aromatic rings. The number of hydrogen-bond donors (Lipinski definition) is 3. The number of fused-ring (bicyclic) bond motifs is 3. The minimum Gasteiger partial charge on any atom is -0.505 e. The summed E-state index contributed by atoms with van der Waals surface area (Å²) in [6.45, 7) is 4.13. The molecular weight excluding hydrogens is 342 g/mol. The minimum absolute atomic E-state index is 0.0404. The van der Waals surface area contributed by atoms with Gasteiger partial charge in [-0.15, -0.1) is 0 Å². The van der Waals surface area contributed by atoms with E-state index in [1.54, 1.807) is 12.1 Å². The number of para-hydroxylation sites is 1. The molecule has 0 heterocycles. The first-order valence-electron chi connectivity index (χ1n) is 8.27. The summed E-state index contributed by atoms with van der Waals surface area (Å²) in [4.78, 5) is 24.1. The molecule has 4 rings (SSSR count). The number of carboxylic acid groups (broad SMARTS) is 1. The third kappa shape index (κ3) is 2.57. The number of carbonyl (C=O) groups is 2. The number of carboxylic acids is 1. The number of hydrogen-bond acceptors (Lipinski definition) is 3. The lowest BCUT2D eigenvalue weighted by molar-refractivity contribution is 0.0693. The minimum atomic E-state index is -1.27. The second-order valence-electron chi connectivity index (χ2n) is 6.21. The molecule has 0 radical (unpaired) electrons. The number of nitrogens with one attached hydrogen (secondary N) is 1. The zero-order valence-corrected chi connectivity index (χ0v) is 14.2. The van der Waals surface area contributed by atoms with Crippen LogP contribution in [0.15, 0.2) is 67.2 Å². The van der Waals surface area contributed by atoms with Crippen LogP contribution in [-0.4, -0.2) is 22.1 Å². The molecule has 27 heavy (non-hydrogen) atoms. The summed E-state index contributed by atoms with van der Waals surface area (Å²) < 4.78 is 0. The topological polar surface area (TPSA) is 86.6 Å². The van der Waals surface area contributed by atoms with Gasteiger partial charge >= 0.3 is 5.97 Å². The fourth-order valence-electron chi connectivity index (χ4n) is 3.41. The number of anilines is 1. The maximum atomic E-state index is 12.9. The zero-order valence-electron chi connectivity index (χ0n) is 14.2. The quantitative estimate of drug-likeness (QED) is 0.475. The van der Waals surface area contributed by atoms with Crippen LogP contribution in [0.4, 0.5) is 5.69 Å². The Morgan fingerprint density at radius 1 is 0.815 bits per heavy atom. The normalized spacial score (nSPS) is 11.6. The van der Waals surface area contributed by atoms with Crippen LogP contribution in [0.2, 0.25) is 0 Å². The van der Waals surface area contributed by atoms with Crippen LogP contribution >= 0.6 is 0 Å². The van der Waals surface area contributed by atoms with Crippen LogP contribution in [0.25, 0.3) is 16.7 Å². The number of amides is 1. The summed E-state index contributed by atoms with van der Waals surface area (Å²) in [6.07, 6.45) is 0. The van der Waals surface area contributed by atoms with Crippen molar-refractivity contribution in [1.29, 1.82) is 0 Å². The van der Waals surface area contributed by atoms with Crippen LogP contribution in [0.3, 0.4) is 0 Å². The van der Waals surface area contributed by atoms with E-state index >= 15 is 0 Å². The van der Waals surface area contributed by atoms with Crippen molar-refractivity contribution in [1.82, 2.24) is 0 Å². The number of aromatic carboxylic acids is 1. The smallest absolute Gasteiger partial charge is 0.339 e. The Kier molecular flexibility index (Phi) is 3.78. The van der Waals surface area contributed by atoms with Crippen molar-refractivity contribution in [3.8, 4) is 16.9 Å². The van der Waals surface area contributed by atoms with Gasteiger partial charge in [0.05, 0.1) is 5.69 Å². The largest absolute Gasteiger partial charge is 0.505 e. The molecule has 3 aromatic carbocycles. The molecule has 1 aliphatic rings. The van der Waals surface area contributed by atoms with Crippen LogP contribution < -0.4 is 5.32 Å². The molecule has 0 bridgehead atoms. The summed E-state index contributed by atoms with van der Waals surface area (Å²) in [5, 5.41) is 21.9. The first kappa shape index (κ1) is 16.6. The molecule has 0 saturated heterocycles. The van der Waals surface area contributed by atoms with Crippen LogP contribution in [0, 0.1) is 0 Å². The van der Waals surface area contributed by atoms with Gasteiger partial charge < -0.3 is 15.5 Å². The number of carbonyl (C=O) groups excluding carboxylic acids is 1. The van der Waals surface area contributed by atoms with E-state index < -0.39 is 17.6 Å². The second kappa shape index (κ2) is 6.14. The third-order valence-corrected chi connectivity index (χ3v) is 4.67. The fourth-order valence-corrected chi connectivity index (χ4v) is 3.41. The Morgan fingerprint density at radius 2 is 1.44 bits per heavy atom. The van der Waals surface area contributed by atoms with Gasteiger partial charge in [0.15, 0.2) is 5.75 Å². The van der Waals surface area contributed by atoms with Crippen LogP contribution in [0.5, 0.6) is 5.75 Å². The highest BCUT2D eigenvalue weighted by molar-refractivity contribution is 6.14. The maximum Gasteiger partial charge on any atom is 0.339 e. The molecule has 0 fully saturated rings. The molecule has 0 atom stereocenters. The van der Waals surface area contributed by atoms with Gasteiger partial charge in [-0.05, 0) is 40.5 Å². The summed E-state index contributed by atoms with van der Waals surface area (Å²) in [5.41, 5.74) is 4.59. The number of phenols is 1. The van der Waals surface area contributed by atoms with Crippen molar-refractivity contribution in [3.05, 3.63) is 89.5 Å². The van der Waals surface area contributed by atoms with E-state index in [1.807, 2.05) is 30.3 Å². The first-order chi connectivity index (χ1) is 13.0. The average Bonchev–Trinajstić information content (AvgIpc) is 2.96. The molecular formula is C22H15NO4. The molecule has 0 aliphatic heterocycles. The van der Waals surface area contributed by atoms with Gasteiger partial charge in [-0.25, -0.2) is 4.79 Å².